The van der Waals surface area contributed by atoms with E-state index < -0.39 is 26.6 Å². The summed E-state index contributed by atoms with van der Waals surface area (Å²) >= 11 is 0. The molecule has 0 atom stereocenters. The number of benzene rings is 4. The smallest absolute Gasteiger partial charge is 0.311 e. The van der Waals surface area contributed by atoms with E-state index >= 15 is 0 Å². The maximum atomic E-state index is 12.2. The van der Waals surface area contributed by atoms with Crippen LogP contribution in [0.3, 0.4) is 0 Å². The lowest BCUT2D eigenvalue weighted by Gasteiger charge is -2.34. The highest BCUT2D eigenvalue weighted by Gasteiger charge is 2.48. The summed E-state index contributed by atoms with van der Waals surface area (Å²) in [6.07, 6.45) is 3.99. The van der Waals surface area contributed by atoms with Crippen LogP contribution in [-0.4, -0.2) is 20.1 Å². The Kier molecular flexibility index (Phi) is 7.49. The van der Waals surface area contributed by atoms with E-state index in [1.165, 1.54) is 12.1 Å². The van der Waals surface area contributed by atoms with Crippen molar-refractivity contribution in [1.29, 1.82) is 0 Å². The topological polar surface area (TPSA) is 127 Å². The van der Waals surface area contributed by atoms with Gasteiger partial charge in [-0.3, -0.25) is 20.2 Å². The molecule has 2 N–H and O–H groups in total. The van der Waals surface area contributed by atoms with E-state index in [0.717, 1.165) is 47.9 Å². The lowest BCUT2D eigenvalue weighted by Crippen LogP contribution is -2.29. The quantitative estimate of drug-likeness (QED) is 0.134. The second kappa shape index (κ2) is 11.0. The van der Waals surface area contributed by atoms with Crippen LogP contribution in [0.1, 0.15) is 72.9 Å². The first-order valence-corrected chi connectivity index (χ1v) is 14.0. The minimum Gasteiger partial charge on any atom is -0.502 e. The molecule has 0 radical (unpaired) electrons. The molecule has 5 rings (SSSR count). The highest BCUT2D eigenvalue weighted by Crippen LogP contribution is 2.58. The Balaban J connectivity index is 1.97. The number of unbranched alkanes of at least 4 members (excludes halogenated alkanes) is 2. The number of nitro benzene ring substituents is 2. The predicted molar refractivity (Wildman–Crippen MR) is 158 cm³/mol. The zero-order valence-corrected chi connectivity index (χ0v) is 23.1. The van der Waals surface area contributed by atoms with Gasteiger partial charge >= 0.3 is 11.4 Å². The number of rotatable bonds is 10. The van der Waals surface area contributed by atoms with Gasteiger partial charge in [-0.15, -0.1) is 0 Å². The zero-order valence-electron chi connectivity index (χ0n) is 23.1. The van der Waals surface area contributed by atoms with Crippen LogP contribution in [0, 0.1) is 20.2 Å². The Morgan fingerprint density at radius 3 is 1.41 bits per heavy atom. The van der Waals surface area contributed by atoms with Gasteiger partial charge in [0, 0.05) is 23.3 Å². The molecule has 4 aromatic carbocycles. The predicted octanol–water partition coefficient (Wildman–Crippen LogP) is 7.96. The van der Waals surface area contributed by atoms with E-state index in [9.17, 15) is 30.4 Å². The molecule has 0 fully saturated rings. The van der Waals surface area contributed by atoms with Crippen LogP contribution in [0.25, 0.3) is 11.1 Å². The van der Waals surface area contributed by atoms with Crippen molar-refractivity contribution in [3.8, 4) is 22.6 Å². The molecule has 210 valence electrons. The molecule has 0 aromatic heterocycles. The van der Waals surface area contributed by atoms with Crippen molar-refractivity contribution < 1.29 is 20.1 Å². The molecule has 8 heteroatoms. The highest BCUT2D eigenvalue weighted by atomic mass is 16.6. The lowest BCUT2D eigenvalue weighted by molar-refractivity contribution is -0.386. The second-order valence-electron chi connectivity index (χ2n) is 10.6. The number of phenolic OH excluding ortho intramolecular Hbond substituents is 2. The number of nitrogens with zero attached hydrogens (tertiary/aromatic N) is 2. The fourth-order valence-corrected chi connectivity index (χ4v) is 6.21. The molecule has 1 aliphatic rings. The molecular weight excluding hydrogens is 520 g/mol. The first kappa shape index (κ1) is 27.8. The van der Waals surface area contributed by atoms with E-state index in [4.69, 9.17) is 0 Å². The van der Waals surface area contributed by atoms with Crippen LogP contribution >= 0.6 is 0 Å². The standard InChI is InChI=1S/C33H32N2O6/c1-3-5-11-21-17-23(19-29(31(21)36)34(38)39)33(24-18-22(12-6-4-2)32(37)30(20-24)35(40)41)27-15-9-7-13-25(27)26-14-8-10-16-28(26)33/h7-10,13-20,36-37H,3-6,11-12H2,1-2H3. The monoisotopic (exact) mass is 552 g/mol. The molecule has 41 heavy (non-hydrogen) atoms. The van der Waals surface area contributed by atoms with Gasteiger partial charge in [0.15, 0.2) is 11.5 Å². The van der Waals surface area contributed by atoms with Crippen molar-refractivity contribution in [2.24, 2.45) is 0 Å². The number of nitro groups is 2. The van der Waals surface area contributed by atoms with Gasteiger partial charge in [0.05, 0.1) is 15.3 Å². The van der Waals surface area contributed by atoms with Crippen molar-refractivity contribution in [2.45, 2.75) is 57.8 Å². The summed E-state index contributed by atoms with van der Waals surface area (Å²) in [6, 6.07) is 21.9. The molecule has 1 aliphatic carbocycles. The first-order chi connectivity index (χ1) is 19.7. The molecule has 0 saturated heterocycles. The minimum atomic E-state index is -1.17. The summed E-state index contributed by atoms with van der Waals surface area (Å²) in [5.74, 6) is -0.718. The van der Waals surface area contributed by atoms with Gasteiger partial charge in [0.25, 0.3) is 0 Å². The Bertz CT molecular complexity index is 1540. The fourth-order valence-electron chi connectivity index (χ4n) is 6.21. The van der Waals surface area contributed by atoms with Crippen LogP contribution in [-0.2, 0) is 18.3 Å². The Hall–Kier alpha value is -4.72. The number of aromatic hydroxyl groups is 2. The number of hydrogen-bond donors (Lipinski definition) is 2. The van der Waals surface area contributed by atoms with Crippen molar-refractivity contribution in [3.63, 3.8) is 0 Å². The molecule has 0 bridgehead atoms. The maximum absolute atomic E-state index is 12.2. The number of aryl methyl sites for hydroxylation is 2. The van der Waals surface area contributed by atoms with Crippen LogP contribution in [0.15, 0.2) is 72.8 Å². The van der Waals surface area contributed by atoms with Crippen molar-refractivity contribution in [1.82, 2.24) is 0 Å². The van der Waals surface area contributed by atoms with Gasteiger partial charge in [0.1, 0.15) is 0 Å². The molecule has 0 aliphatic heterocycles. The Morgan fingerprint density at radius 2 is 1.05 bits per heavy atom. The van der Waals surface area contributed by atoms with Gasteiger partial charge in [-0.2, -0.15) is 0 Å². The van der Waals surface area contributed by atoms with Gasteiger partial charge < -0.3 is 10.2 Å². The number of hydrogen-bond acceptors (Lipinski definition) is 6. The Morgan fingerprint density at radius 1 is 0.659 bits per heavy atom. The van der Waals surface area contributed by atoms with Crippen molar-refractivity contribution >= 4 is 11.4 Å². The summed E-state index contributed by atoms with van der Waals surface area (Å²) in [6.45, 7) is 4.02. The highest BCUT2D eigenvalue weighted by molar-refractivity contribution is 5.87. The largest absolute Gasteiger partial charge is 0.502 e. The van der Waals surface area contributed by atoms with E-state index in [0.29, 0.717) is 35.1 Å². The molecule has 4 aromatic rings. The number of fused-ring (bicyclic) bond motifs is 3. The van der Waals surface area contributed by atoms with Gasteiger partial charge in [-0.05, 0) is 59.1 Å². The molecule has 0 heterocycles. The van der Waals surface area contributed by atoms with Gasteiger partial charge in [-0.1, -0.05) is 87.4 Å². The van der Waals surface area contributed by atoms with E-state index in [2.05, 4.69) is 0 Å². The molecule has 0 amide bonds. The Labute approximate surface area is 238 Å². The summed E-state index contributed by atoms with van der Waals surface area (Å²) in [5, 5.41) is 46.3. The van der Waals surface area contributed by atoms with Gasteiger partial charge in [-0.25, -0.2) is 0 Å². The number of phenols is 2. The van der Waals surface area contributed by atoms with Crippen LogP contribution < -0.4 is 0 Å². The van der Waals surface area contributed by atoms with Crippen LogP contribution in [0.2, 0.25) is 0 Å². The maximum Gasteiger partial charge on any atom is 0.311 e. The summed E-state index contributed by atoms with van der Waals surface area (Å²) in [5.41, 5.74) is 3.47. The van der Waals surface area contributed by atoms with E-state index in [-0.39, 0.29) is 11.5 Å². The van der Waals surface area contributed by atoms with Crippen molar-refractivity contribution in [2.75, 3.05) is 0 Å². The first-order valence-electron chi connectivity index (χ1n) is 14.0. The normalized spacial score (nSPS) is 13.0. The third-order valence-electron chi connectivity index (χ3n) is 8.15. The van der Waals surface area contributed by atoms with Gasteiger partial charge in [0.2, 0.25) is 0 Å². The molecule has 8 nitrogen and oxygen atoms in total. The third-order valence-corrected chi connectivity index (χ3v) is 8.15. The average Bonchev–Trinajstić information content (AvgIpc) is 3.27. The summed E-state index contributed by atoms with van der Waals surface area (Å²) in [7, 11) is 0. The van der Waals surface area contributed by atoms with Crippen molar-refractivity contribution in [3.05, 3.63) is 126 Å². The SMILES string of the molecule is CCCCc1cc(C2(c3cc(CCCC)c(O)c([N+](=O)[O-])c3)c3ccccc3-c3ccccc32)cc([N+](=O)[O-])c1O. The third kappa shape index (κ3) is 4.49. The zero-order chi connectivity index (χ0) is 29.3. The molecule has 0 unspecified atom stereocenters. The van der Waals surface area contributed by atoms with Crippen LogP contribution in [0.5, 0.6) is 11.5 Å². The van der Waals surface area contributed by atoms with E-state index in [1.807, 2.05) is 62.4 Å². The minimum absolute atomic E-state index is 0.359. The summed E-state index contributed by atoms with van der Waals surface area (Å²) in [4.78, 5) is 23.3. The van der Waals surface area contributed by atoms with E-state index in [1.54, 1.807) is 12.1 Å². The second-order valence-corrected chi connectivity index (χ2v) is 10.6. The summed E-state index contributed by atoms with van der Waals surface area (Å²) < 4.78 is 0. The van der Waals surface area contributed by atoms with Crippen LogP contribution in [0.4, 0.5) is 11.4 Å². The molecular formula is C33H32N2O6. The fraction of sp³-hybridized carbons (Fsp3) is 0.273. The average molecular weight is 553 g/mol. The molecule has 0 saturated carbocycles. The lowest BCUT2D eigenvalue weighted by atomic mass is 9.66. The molecule has 0 spiro atoms.